The second kappa shape index (κ2) is 10.9. The van der Waals surface area contributed by atoms with E-state index in [2.05, 4.69) is 43.0 Å². The quantitative estimate of drug-likeness (QED) is 0.489. The molecule has 0 aliphatic carbocycles. The molecule has 184 valence electrons. The number of aryl methyl sites for hydroxylation is 2. The standard InChI is InChI=1S/C19H23ClN6O.C2HF3O2/c1-13-4-5-14(20)11-16(13)25-6-8-26(9-7-25)19-17-15(3-2-10-27)23-24-18(17)21-12-22-19;3-2(4,5)1(6)7/h4-5,11-12,27H,2-3,6-10H2,1H3,(H,21,22,23,24);(H,6,7). The Balaban J connectivity index is 0.000000406. The molecule has 0 atom stereocenters. The number of alkyl halides is 3. The number of benzene rings is 1. The van der Waals surface area contributed by atoms with E-state index in [1.54, 1.807) is 6.33 Å². The monoisotopic (exact) mass is 500 g/mol. The molecule has 13 heteroatoms. The number of aliphatic hydroxyl groups excluding tert-OH is 1. The van der Waals surface area contributed by atoms with Gasteiger partial charge in [0.1, 0.15) is 12.1 Å². The molecule has 1 saturated heterocycles. The Morgan fingerprint density at radius 2 is 1.82 bits per heavy atom. The predicted octanol–water partition coefficient (Wildman–Crippen LogP) is 3.20. The first-order valence-corrected chi connectivity index (χ1v) is 10.8. The Hall–Kier alpha value is -3.12. The molecular formula is C21H24ClF3N6O3. The van der Waals surface area contributed by atoms with E-state index in [1.165, 1.54) is 11.3 Å². The van der Waals surface area contributed by atoms with Gasteiger partial charge in [0.05, 0.1) is 5.39 Å². The van der Waals surface area contributed by atoms with Gasteiger partial charge in [-0.2, -0.15) is 18.3 Å². The van der Waals surface area contributed by atoms with Crippen molar-refractivity contribution >= 4 is 40.1 Å². The number of nitrogens with zero attached hydrogens (tertiary/aromatic N) is 5. The first kappa shape index (κ1) is 25.5. The van der Waals surface area contributed by atoms with E-state index in [0.717, 1.165) is 54.5 Å². The molecule has 1 aliphatic rings. The number of carbonyl (C=O) groups is 1. The molecule has 2 aromatic heterocycles. The number of nitrogens with one attached hydrogen (secondary N) is 1. The molecule has 1 aliphatic heterocycles. The van der Waals surface area contributed by atoms with Crippen molar-refractivity contribution in [1.82, 2.24) is 20.2 Å². The van der Waals surface area contributed by atoms with Gasteiger partial charge in [-0.25, -0.2) is 14.8 Å². The highest BCUT2D eigenvalue weighted by Crippen LogP contribution is 2.29. The molecule has 3 heterocycles. The van der Waals surface area contributed by atoms with E-state index in [0.29, 0.717) is 12.1 Å². The summed E-state index contributed by atoms with van der Waals surface area (Å²) in [5.74, 6) is -1.84. The van der Waals surface area contributed by atoms with Crippen LogP contribution in [0.15, 0.2) is 24.5 Å². The van der Waals surface area contributed by atoms with Crippen molar-refractivity contribution in [3.63, 3.8) is 0 Å². The molecule has 0 radical (unpaired) electrons. The smallest absolute Gasteiger partial charge is 0.475 e. The van der Waals surface area contributed by atoms with Crippen LogP contribution >= 0.6 is 11.6 Å². The molecular weight excluding hydrogens is 477 g/mol. The fraction of sp³-hybridized carbons (Fsp3) is 0.429. The van der Waals surface area contributed by atoms with E-state index < -0.39 is 12.1 Å². The number of anilines is 2. The number of fused-ring (bicyclic) bond motifs is 1. The number of H-pyrrole nitrogens is 1. The van der Waals surface area contributed by atoms with E-state index in [4.69, 9.17) is 26.6 Å². The van der Waals surface area contributed by atoms with Crippen molar-refractivity contribution in [1.29, 1.82) is 0 Å². The third-order valence-corrected chi connectivity index (χ3v) is 5.56. The second-order valence-corrected chi connectivity index (χ2v) is 8.07. The number of hydrogen-bond acceptors (Lipinski definition) is 7. The zero-order valence-corrected chi connectivity index (χ0v) is 19.1. The maximum Gasteiger partial charge on any atom is 0.490 e. The number of piperazine rings is 1. The molecule has 3 N–H and O–H groups in total. The first-order valence-electron chi connectivity index (χ1n) is 10.5. The lowest BCUT2D eigenvalue weighted by atomic mass is 10.1. The van der Waals surface area contributed by atoms with Crippen LogP contribution in [0.25, 0.3) is 11.0 Å². The van der Waals surface area contributed by atoms with Gasteiger partial charge in [0, 0.05) is 49.2 Å². The summed E-state index contributed by atoms with van der Waals surface area (Å²) in [5, 5.41) is 25.4. The second-order valence-electron chi connectivity index (χ2n) is 7.63. The van der Waals surface area contributed by atoms with Gasteiger partial charge >= 0.3 is 12.1 Å². The van der Waals surface area contributed by atoms with Crippen molar-refractivity contribution in [3.8, 4) is 0 Å². The van der Waals surface area contributed by atoms with Crippen LogP contribution in [0.5, 0.6) is 0 Å². The summed E-state index contributed by atoms with van der Waals surface area (Å²) in [4.78, 5) is 22.4. The normalized spacial score (nSPS) is 14.2. The fourth-order valence-electron chi connectivity index (χ4n) is 3.66. The predicted molar refractivity (Wildman–Crippen MR) is 121 cm³/mol. The molecule has 34 heavy (non-hydrogen) atoms. The Bertz CT molecular complexity index is 1130. The van der Waals surface area contributed by atoms with E-state index in [1.807, 2.05) is 12.1 Å². The largest absolute Gasteiger partial charge is 0.490 e. The van der Waals surface area contributed by atoms with Gasteiger partial charge in [0.2, 0.25) is 0 Å². The average Bonchev–Trinajstić information content (AvgIpc) is 3.22. The van der Waals surface area contributed by atoms with Crippen LogP contribution < -0.4 is 9.80 Å². The number of rotatable bonds is 5. The topological polar surface area (TPSA) is 118 Å². The van der Waals surface area contributed by atoms with Crippen molar-refractivity contribution < 1.29 is 28.2 Å². The number of halogens is 4. The lowest BCUT2D eigenvalue weighted by molar-refractivity contribution is -0.192. The van der Waals surface area contributed by atoms with E-state index >= 15 is 0 Å². The highest BCUT2D eigenvalue weighted by molar-refractivity contribution is 6.30. The number of carboxylic acids is 1. The van der Waals surface area contributed by atoms with Gasteiger partial charge in [0.25, 0.3) is 0 Å². The SMILES string of the molecule is Cc1ccc(Cl)cc1N1CCN(c2ncnc3n[nH]c(CCCO)c23)CC1.O=C(O)C(F)(F)F. The van der Waals surface area contributed by atoms with Gasteiger partial charge in [-0.15, -0.1) is 0 Å². The highest BCUT2D eigenvalue weighted by atomic mass is 35.5. The first-order chi connectivity index (χ1) is 16.1. The van der Waals surface area contributed by atoms with Crippen LogP contribution in [0.3, 0.4) is 0 Å². The average molecular weight is 501 g/mol. The summed E-state index contributed by atoms with van der Waals surface area (Å²) >= 11 is 6.19. The molecule has 0 unspecified atom stereocenters. The molecule has 0 spiro atoms. The molecule has 3 aromatic rings. The number of aliphatic carboxylic acids is 1. The van der Waals surface area contributed by atoms with Crippen LogP contribution in [0, 0.1) is 6.92 Å². The third-order valence-electron chi connectivity index (χ3n) is 5.32. The summed E-state index contributed by atoms with van der Waals surface area (Å²) in [7, 11) is 0. The molecule has 4 rings (SSSR count). The van der Waals surface area contributed by atoms with Crippen molar-refractivity contribution in [2.24, 2.45) is 0 Å². The Morgan fingerprint density at radius 1 is 1.18 bits per heavy atom. The lowest BCUT2D eigenvalue weighted by Gasteiger charge is -2.37. The van der Waals surface area contributed by atoms with Gasteiger partial charge in [-0.05, 0) is 37.5 Å². The molecule has 1 fully saturated rings. The van der Waals surface area contributed by atoms with Crippen molar-refractivity contribution in [2.75, 3.05) is 42.6 Å². The summed E-state index contributed by atoms with van der Waals surface area (Å²) in [6.45, 7) is 5.80. The Morgan fingerprint density at radius 3 is 2.44 bits per heavy atom. The molecule has 0 amide bonds. The molecule has 0 bridgehead atoms. The van der Waals surface area contributed by atoms with Crippen molar-refractivity contribution in [3.05, 3.63) is 40.8 Å². The van der Waals surface area contributed by atoms with Crippen LogP contribution in [-0.2, 0) is 11.2 Å². The fourth-order valence-corrected chi connectivity index (χ4v) is 3.82. The number of aromatic nitrogens is 4. The summed E-state index contributed by atoms with van der Waals surface area (Å²) in [5.41, 5.74) is 4.10. The number of hydrogen-bond donors (Lipinski definition) is 3. The van der Waals surface area contributed by atoms with Gasteiger partial charge in [-0.3, -0.25) is 5.10 Å². The number of aliphatic hydroxyl groups is 1. The van der Waals surface area contributed by atoms with Crippen LogP contribution in [-0.4, -0.2) is 75.3 Å². The van der Waals surface area contributed by atoms with E-state index in [9.17, 15) is 13.2 Å². The minimum absolute atomic E-state index is 0.154. The van der Waals surface area contributed by atoms with E-state index in [-0.39, 0.29) is 6.61 Å². The van der Waals surface area contributed by atoms with Crippen LogP contribution in [0.2, 0.25) is 5.02 Å². The molecule has 0 saturated carbocycles. The van der Waals surface area contributed by atoms with Crippen LogP contribution in [0.1, 0.15) is 17.7 Å². The maximum absolute atomic E-state index is 10.6. The zero-order valence-electron chi connectivity index (χ0n) is 18.3. The Labute approximate surface area is 198 Å². The van der Waals surface area contributed by atoms with Gasteiger partial charge in [0.15, 0.2) is 5.65 Å². The summed E-state index contributed by atoms with van der Waals surface area (Å²) < 4.78 is 31.7. The van der Waals surface area contributed by atoms with Crippen LogP contribution in [0.4, 0.5) is 24.7 Å². The molecule has 9 nitrogen and oxygen atoms in total. The lowest BCUT2D eigenvalue weighted by Crippen LogP contribution is -2.47. The zero-order chi connectivity index (χ0) is 24.9. The number of aromatic amines is 1. The summed E-state index contributed by atoms with van der Waals surface area (Å²) in [6, 6.07) is 6.04. The van der Waals surface area contributed by atoms with Crippen molar-refractivity contribution in [2.45, 2.75) is 25.9 Å². The van der Waals surface area contributed by atoms with Gasteiger partial charge < -0.3 is 20.0 Å². The Kier molecular flexibility index (Phi) is 8.15. The molecule has 1 aromatic carbocycles. The highest BCUT2D eigenvalue weighted by Gasteiger charge is 2.38. The minimum Gasteiger partial charge on any atom is -0.475 e. The summed E-state index contributed by atoms with van der Waals surface area (Å²) in [6.07, 6.45) is -2.09. The van der Waals surface area contributed by atoms with Gasteiger partial charge in [-0.1, -0.05) is 17.7 Å². The minimum atomic E-state index is -5.08. The number of carboxylic acid groups (broad SMARTS) is 1. The maximum atomic E-state index is 10.6. The third kappa shape index (κ3) is 6.06.